The number of anilines is 1. The Bertz CT molecular complexity index is 369. The standard InChI is InChI=1S/C10H14F3N3O2/c1-2-9(5-17,6-18)14-8-4-3-7(15-16-8)10(11,12)13/h3-4,17-18H,2,5-6H2,1H3,(H,14,16). The average Bonchev–Trinajstić information content (AvgIpc) is 2.36. The van der Waals surface area contributed by atoms with Crippen LogP contribution in [0.5, 0.6) is 0 Å². The first-order valence-corrected chi connectivity index (χ1v) is 5.28. The second-order valence-electron chi connectivity index (χ2n) is 3.88. The van der Waals surface area contributed by atoms with Crippen LogP contribution in [-0.4, -0.2) is 39.2 Å². The smallest absolute Gasteiger partial charge is 0.394 e. The van der Waals surface area contributed by atoms with Crippen LogP contribution in [0.15, 0.2) is 12.1 Å². The quantitative estimate of drug-likeness (QED) is 0.741. The summed E-state index contributed by atoms with van der Waals surface area (Å²) in [5.74, 6) is 0.0629. The normalized spacial score (nSPS) is 12.6. The third-order valence-electron chi connectivity index (χ3n) is 2.63. The topological polar surface area (TPSA) is 78.3 Å². The number of aliphatic hydroxyl groups excluding tert-OH is 2. The molecule has 0 fully saturated rings. The summed E-state index contributed by atoms with van der Waals surface area (Å²) in [5, 5.41) is 27.4. The van der Waals surface area contributed by atoms with Gasteiger partial charge in [-0.3, -0.25) is 0 Å². The molecule has 0 aliphatic heterocycles. The molecule has 5 nitrogen and oxygen atoms in total. The minimum Gasteiger partial charge on any atom is -0.394 e. The van der Waals surface area contributed by atoms with Crippen LogP contribution >= 0.6 is 0 Å². The summed E-state index contributed by atoms with van der Waals surface area (Å²) in [5.41, 5.74) is -2.11. The molecule has 0 saturated carbocycles. The van der Waals surface area contributed by atoms with Gasteiger partial charge in [-0.25, -0.2) is 0 Å². The van der Waals surface area contributed by atoms with E-state index < -0.39 is 17.4 Å². The van der Waals surface area contributed by atoms with E-state index in [1.54, 1.807) is 6.92 Å². The number of hydrogen-bond acceptors (Lipinski definition) is 5. The molecule has 0 saturated heterocycles. The fraction of sp³-hybridized carbons (Fsp3) is 0.600. The molecule has 1 aromatic rings. The molecular weight excluding hydrogens is 251 g/mol. The van der Waals surface area contributed by atoms with E-state index in [1.165, 1.54) is 0 Å². The van der Waals surface area contributed by atoms with Gasteiger partial charge < -0.3 is 15.5 Å². The first kappa shape index (κ1) is 14.7. The number of hydrogen-bond donors (Lipinski definition) is 3. The maximum Gasteiger partial charge on any atom is 0.435 e. The van der Waals surface area contributed by atoms with Gasteiger partial charge in [-0.1, -0.05) is 6.92 Å². The van der Waals surface area contributed by atoms with Crippen LogP contribution in [0.2, 0.25) is 0 Å². The third-order valence-corrected chi connectivity index (χ3v) is 2.63. The van der Waals surface area contributed by atoms with Crippen molar-refractivity contribution in [2.45, 2.75) is 25.1 Å². The van der Waals surface area contributed by atoms with Crippen molar-refractivity contribution in [1.82, 2.24) is 10.2 Å². The Kier molecular flexibility index (Phi) is 4.47. The number of nitrogens with zero attached hydrogens (tertiary/aromatic N) is 2. The van der Waals surface area contributed by atoms with Crippen molar-refractivity contribution >= 4 is 5.82 Å². The van der Waals surface area contributed by atoms with Crippen molar-refractivity contribution in [2.75, 3.05) is 18.5 Å². The van der Waals surface area contributed by atoms with Crippen LogP contribution in [0.4, 0.5) is 19.0 Å². The van der Waals surface area contributed by atoms with Gasteiger partial charge in [-0.05, 0) is 18.6 Å². The molecule has 0 aromatic carbocycles. The van der Waals surface area contributed by atoms with Crippen molar-refractivity contribution in [2.24, 2.45) is 0 Å². The van der Waals surface area contributed by atoms with Gasteiger partial charge in [0.25, 0.3) is 0 Å². The number of nitrogens with one attached hydrogen (secondary N) is 1. The molecule has 18 heavy (non-hydrogen) atoms. The molecule has 8 heteroatoms. The fourth-order valence-electron chi connectivity index (χ4n) is 1.26. The highest BCUT2D eigenvalue weighted by Gasteiger charge is 2.33. The molecule has 1 rings (SSSR count). The molecule has 0 unspecified atom stereocenters. The highest BCUT2D eigenvalue weighted by atomic mass is 19.4. The first-order valence-electron chi connectivity index (χ1n) is 5.28. The van der Waals surface area contributed by atoms with Gasteiger partial charge in [-0.2, -0.15) is 13.2 Å². The van der Waals surface area contributed by atoms with Crippen molar-refractivity contribution in [3.8, 4) is 0 Å². The summed E-state index contributed by atoms with van der Waals surface area (Å²) in [6.07, 6.45) is -4.16. The van der Waals surface area contributed by atoms with Crippen molar-refractivity contribution in [1.29, 1.82) is 0 Å². The molecule has 102 valence electrons. The molecule has 0 bridgehead atoms. The summed E-state index contributed by atoms with van der Waals surface area (Å²) in [6, 6.07) is 1.88. The van der Waals surface area contributed by atoms with Gasteiger partial charge in [0.2, 0.25) is 0 Å². The van der Waals surface area contributed by atoms with Crippen LogP contribution in [-0.2, 0) is 6.18 Å². The molecule has 0 aliphatic rings. The van der Waals surface area contributed by atoms with E-state index in [9.17, 15) is 23.4 Å². The fourth-order valence-corrected chi connectivity index (χ4v) is 1.26. The van der Waals surface area contributed by atoms with Gasteiger partial charge in [0.15, 0.2) is 5.69 Å². The molecule has 1 aromatic heterocycles. The van der Waals surface area contributed by atoms with Gasteiger partial charge in [0.1, 0.15) is 5.82 Å². The lowest BCUT2D eigenvalue weighted by atomic mass is 9.98. The molecule has 0 amide bonds. The van der Waals surface area contributed by atoms with Crippen LogP contribution in [0, 0.1) is 0 Å². The highest BCUT2D eigenvalue weighted by Crippen LogP contribution is 2.27. The largest absolute Gasteiger partial charge is 0.435 e. The van der Waals surface area contributed by atoms with Gasteiger partial charge in [0, 0.05) is 0 Å². The van der Waals surface area contributed by atoms with E-state index in [2.05, 4.69) is 15.5 Å². The third kappa shape index (κ3) is 3.30. The Morgan fingerprint density at radius 3 is 2.11 bits per heavy atom. The number of alkyl halides is 3. The number of halogens is 3. The van der Waals surface area contributed by atoms with Crippen molar-refractivity contribution < 1.29 is 23.4 Å². The van der Waals surface area contributed by atoms with E-state index in [0.29, 0.717) is 6.42 Å². The highest BCUT2D eigenvalue weighted by molar-refractivity contribution is 5.37. The minimum atomic E-state index is -4.54. The molecule has 0 spiro atoms. The molecule has 0 radical (unpaired) electrons. The summed E-state index contributed by atoms with van der Waals surface area (Å²) in [6.45, 7) is 0.975. The predicted molar refractivity (Wildman–Crippen MR) is 57.9 cm³/mol. The van der Waals surface area contributed by atoms with Crippen LogP contribution in [0.1, 0.15) is 19.0 Å². The summed E-state index contributed by atoms with van der Waals surface area (Å²) in [7, 11) is 0. The van der Waals surface area contributed by atoms with E-state index in [-0.39, 0.29) is 19.0 Å². The van der Waals surface area contributed by atoms with Crippen molar-refractivity contribution in [3.05, 3.63) is 17.8 Å². The maximum absolute atomic E-state index is 12.3. The summed E-state index contributed by atoms with van der Waals surface area (Å²) >= 11 is 0. The van der Waals surface area contributed by atoms with E-state index in [4.69, 9.17) is 0 Å². The van der Waals surface area contributed by atoms with Gasteiger partial charge in [0.05, 0.1) is 18.8 Å². The molecule has 0 atom stereocenters. The zero-order chi connectivity index (χ0) is 13.8. The van der Waals surface area contributed by atoms with Crippen LogP contribution in [0.25, 0.3) is 0 Å². The monoisotopic (exact) mass is 265 g/mol. The zero-order valence-corrected chi connectivity index (χ0v) is 9.70. The van der Waals surface area contributed by atoms with E-state index >= 15 is 0 Å². The molecule has 3 N–H and O–H groups in total. The number of rotatable bonds is 5. The van der Waals surface area contributed by atoms with Crippen LogP contribution < -0.4 is 5.32 Å². The minimum absolute atomic E-state index is 0.0629. The predicted octanol–water partition coefficient (Wildman–Crippen LogP) is 1.04. The Labute approximate surface area is 102 Å². The SMILES string of the molecule is CCC(CO)(CO)Nc1ccc(C(F)(F)F)nn1. The summed E-state index contributed by atoms with van der Waals surface area (Å²) < 4.78 is 36.8. The lowest BCUT2D eigenvalue weighted by molar-refractivity contribution is -0.141. The number of aromatic nitrogens is 2. The molecule has 1 heterocycles. The first-order chi connectivity index (χ1) is 8.37. The maximum atomic E-state index is 12.3. The van der Waals surface area contributed by atoms with E-state index in [0.717, 1.165) is 12.1 Å². The summed E-state index contributed by atoms with van der Waals surface area (Å²) in [4.78, 5) is 0. The lowest BCUT2D eigenvalue weighted by Crippen LogP contribution is -2.45. The molecular formula is C10H14F3N3O2. The van der Waals surface area contributed by atoms with Gasteiger partial charge in [-0.15, -0.1) is 10.2 Å². The Balaban J connectivity index is 2.86. The Morgan fingerprint density at radius 1 is 1.17 bits per heavy atom. The zero-order valence-electron chi connectivity index (χ0n) is 9.70. The second-order valence-corrected chi connectivity index (χ2v) is 3.88. The Hall–Kier alpha value is -1.41. The number of aliphatic hydroxyl groups is 2. The Morgan fingerprint density at radius 2 is 1.78 bits per heavy atom. The lowest BCUT2D eigenvalue weighted by Gasteiger charge is -2.29. The second kappa shape index (κ2) is 5.49. The van der Waals surface area contributed by atoms with Crippen molar-refractivity contribution in [3.63, 3.8) is 0 Å². The average molecular weight is 265 g/mol. The van der Waals surface area contributed by atoms with Gasteiger partial charge >= 0.3 is 6.18 Å². The molecule has 0 aliphatic carbocycles. The van der Waals surface area contributed by atoms with Crippen LogP contribution in [0.3, 0.4) is 0 Å². The van der Waals surface area contributed by atoms with E-state index in [1.807, 2.05) is 0 Å².